The molecule has 4 heteroatoms. The van der Waals surface area contributed by atoms with Crippen molar-refractivity contribution in [1.29, 1.82) is 0 Å². The Morgan fingerprint density at radius 1 is 1.25 bits per heavy atom. The number of thiophene rings is 1. The molecule has 0 aliphatic carbocycles. The number of rotatable bonds is 3. The van der Waals surface area contributed by atoms with Gasteiger partial charge in [0.05, 0.1) is 4.70 Å². The lowest BCUT2D eigenvalue weighted by Crippen LogP contribution is -1.93. The van der Waals surface area contributed by atoms with Crippen LogP contribution in [0.25, 0.3) is 10.2 Å². The second-order valence-corrected chi connectivity index (χ2v) is 5.13. The highest BCUT2D eigenvalue weighted by atomic mass is 32.1. The van der Waals surface area contributed by atoms with Gasteiger partial charge in [0.1, 0.15) is 17.9 Å². The normalized spacial score (nSPS) is 10.8. The highest BCUT2D eigenvalue weighted by Gasteiger charge is 2.05. The van der Waals surface area contributed by atoms with Gasteiger partial charge in [-0.25, -0.2) is 4.98 Å². The fraction of sp³-hybridized carbons (Fsp3) is 0.0833. The first-order valence-electron chi connectivity index (χ1n) is 4.84. The van der Waals surface area contributed by atoms with Crippen molar-refractivity contribution in [2.45, 2.75) is 6.61 Å². The SMILES string of the molecule is [c]1nc2c(OCc3cccs3)cccc2s1. The number of nitrogens with zero attached hydrogens (tertiary/aromatic N) is 1. The molecule has 79 valence electrons. The molecule has 16 heavy (non-hydrogen) atoms. The standard InChI is InChI=1S/C12H8NOS2/c1-4-10(12-11(5-1)16-8-13-12)14-7-9-3-2-6-15-9/h1-6H,7H2. The fourth-order valence-electron chi connectivity index (χ4n) is 1.47. The fourth-order valence-corrected chi connectivity index (χ4v) is 2.71. The molecule has 2 heterocycles. The molecule has 0 atom stereocenters. The number of hydrogen-bond donors (Lipinski definition) is 0. The molecule has 1 aromatic carbocycles. The molecule has 0 saturated heterocycles. The number of para-hydroxylation sites is 1. The molecule has 2 aromatic heterocycles. The average Bonchev–Trinajstić information content (AvgIpc) is 2.97. The van der Waals surface area contributed by atoms with Crippen molar-refractivity contribution in [2.75, 3.05) is 0 Å². The molecule has 0 fully saturated rings. The maximum Gasteiger partial charge on any atom is 0.153 e. The third kappa shape index (κ3) is 1.81. The summed E-state index contributed by atoms with van der Waals surface area (Å²) >= 11 is 3.21. The molecule has 1 radical (unpaired) electrons. The van der Waals surface area contributed by atoms with Crippen LogP contribution in [-0.4, -0.2) is 4.98 Å². The number of ether oxygens (including phenoxy) is 1. The first-order chi connectivity index (χ1) is 7.93. The van der Waals surface area contributed by atoms with Gasteiger partial charge in [0, 0.05) is 4.88 Å². The Morgan fingerprint density at radius 2 is 2.25 bits per heavy atom. The van der Waals surface area contributed by atoms with Crippen LogP contribution in [0, 0.1) is 5.51 Å². The number of fused-ring (bicyclic) bond motifs is 1. The van der Waals surface area contributed by atoms with E-state index in [4.69, 9.17) is 4.74 Å². The maximum atomic E-state index is 5.76. The van der Waals surface area contributed by atoms with Crippen molar-refractivity contribution >= 4 is 32.9 Å². The maximum absolute atomic E-state index is 5.76. The molecule has 0 bridgehead atoms. The van der Waals surface area contributed by atoms with Gasteiger partial charge in [-0.2, -0.15) is 0 Å². The van der Waals surface area contributed by atoms with E-state index in [1.807, 2.05) is 24.3 Å². The first-order valence-corrected chi connectivity index (χ1v) is 6.54. The molecular weight excluding hydrogens is 238 g/mol. The van der Waals surface area contributed by atoms with E-state index >= 15 is 0 Å². The molecule has 0 amide bonds. The molecule has 0 unspecified atom stereocenters. The minimum atomic E-state index is 0.605. The second-order valence-electron chi connectivity index (χ2n) is 3.28. The van der Waals surface area contributed by atoms with Crippen LogP contribution in [0.2, 0.25) is 0 Å². The molecule has 0 N–H and O–H groups in total. The van der Waals surface area contributed by atoms with Gasteiger partial charge in [-0.1, -0.05) is 12.1 Å². The molecule has 3 rings (SSSR count). The van der Waals surface area contributed by atoms with E-state index < -0.39 is 0 Å². The summed E-state index contributed by atoms with van der Waals surface area (Å²) in [5.74, 6) is 0.836. The summed E-state index contributed by atoms with van der Waals surface area (Å²) < 4.78 is 6.87. The van der Waals surface area contributed by atoms with Gasteiger partial charge >= 0.3 is 0 Å². The van der Waals surface area contributed by atoms with Crippen molar-refractivity contribution in [2.24, 2.45) is 0 Å². The Bertz CT molecular complexity index is 586. The van der Waals surface area contributed by atoms with Crippen LogP contribution in [0.4, 0.5) is 0 Å². The third-order valence-electron chi connectivity index (χ3n) is 2.23. The summed E-state index contributed by atoms with van der Waals surface area (Å²) in [7, 11) is 0. The summed E-state index contributed by atoms with van der Waals surface area (Å²) in [6, 6.07) is 10.1. The average molecular weight is 246 g/mol. The lowest BCUT2D eigenvalue weighted by Gasteiger charge is -2.04. The third-order valence-corrected chi connectivity index (χ3v) is 3.81. The van der Waals surface area contributed by atoms with Gasteiger partial charge < -0.3 is 4.74 Å². The summed E-state index contributed by atoms with van der Waals surface area (Å²) in [5, 5.41) is 2.05. The summed E-state index contributed by atoms with van der Waals surface area (Å²) in [5.41, 5.74) is 3.79. The van der Waals surface area contributed by atoms with Crippen LogP contribution in [0.3, 0.4) is 0 Å². The Kier molecular flexibility index (Phi) is 2.60. The summed E-state index contributed by atoms with van der Waals surface area (Å²) in [4.78, 5) is 5.41. The molecule has 2 nitrogen and oxygen atoms in total. The lowest BCUT2D eigenvalue weighted by molar-refractivity contribution is 0.313. The lowest BCUT2D eigenvalue weighted by atomic mass is 10.3. The van der Waals surface area contributed by atoms with E-state index in [0.29, 0.717) is 6.61 Å². The highest BCUT2D eigenvalue weighted by molar-refractivity contribution is 7.16. The number of aromatic nitrogens is 1. The van der Waals surface area contributed by atoms with Crippen molar-refractivity contribution in [1.82, 2.24) is 4.98 Å². The molecule has 0 aliphatic rings. The van der Waals surface area contributed by atoms with Gasteiger partial charge in [-0.05, 0) is 23.6 Å². The van der Waals surface area contributed by atoms with Crippen LogP contribution in [0.15, 0.2) is 35.7 Å². The predicted molar refractivity (Wildman–Crippen MR) is 67.1 cm³/mol. The number of hydrogen-bond acceptors (Lipinski definition) is 4. The van der Waals surface area contributed by atoms with E-state index in [-0.39, 0.29) is 0 Å². The first kappa shape index (κ1) is 9.81. The smallest absolute Gasteiger partial charge is 0.153 e. The molecule has 0 aliphatic heterocycles. The second kappa shape index (κ2) is 4.23. The Balaban J connectivity index is 1.86. The van der Waals surface area contributed by atoms with E-state index in [0.717, 1.165) is 16.0 Å². The van der Waals surface area contributed by atoms with Crippen LogP contribution >= 0.6 is 22.7 Å². The van der Waals surface area contributed by atoms with E-state index in [1.165, 1.54) is 16.2 Å². The van der Waals surface area contributed by atoms with Crippen molar-refractivity contribution in [3.05, 3.63) is 46.1 Å². The van der Waals surface area contributed by atoms with Crippen molar-refractivity contribution in [3.63, 3.8) is 0 Å². The zero-order chi connectivity index (χ0) is 10.8. The van der Waals surface area contributed by atoms with Gasteiger partial charge in [-0.3, -0.25) is 0 Å². The van der Waals surface area contributed by atoms with Gasteiger partial charge in [0.2, 0.25) is 0 Å². The molecule has 0 spiro atoms. The molecule has 0 saturated carbocycles. The number of thiazole rings is 1. The van der Waals surface area contributed by atoms with Crippen molar-refractivity contribution < 1.29 is 4.74 Å². The van der Waals surface area contributed by atoms with Crippen molar-refractivity contribution in [3.8, 4) is 5.75 Å². The van der Waals surface area contributed by atoms with Crippen LogP contribution in [0.1, 0.15) is 4.88 Å². The quantitative estimate of drug-likeness (QED) is 0.702. The van der Waals surface area contributed by atoms with Crippen LogP contribution in [-0.2, 0) is 6.61 Å². The summed E-state index contributed by atoms with van der Waals surface area (Å²) in [6.45, 7) is 0.605. The molecular formula is C12H8NOS2. The van der Waals surface area contributed by atoms with E-state index in [9.17, 15) is 0 Å². The van der Waals surface area contributed by atoms with E-state index in [2.05, 4.69) is 21.9 Å². The molecule has 3 aromatic rings. The van der Waals surface area contributed by atoms with E-state index in [1.54, 1.807) is 11.3 Å². The Hall–Kier alpha value is -1.39. The Morgan fingerprint density at radius 3 is 3.12 bits per heavy atom. The predicted octanol–water partition coefficient (Wildman–Crippen LogP) is 3.74. The monoisotopic (exact) mass is 246 g/mol. The largest absolute Gasteiger partial charge is 0.486 e. The Labute approximate surface area is 101 Å². The van der Waals surface area contributed by atoms with Crippen LogP contribution < -0.4 is 4.74 Å². The van der Waals surface area contributed by atoms with Gasteiger partial charge in [0.25, 0.3) is 0 Å². The van der Waals surface area contributed by atoms with Crippen LogP contribution in [0.5, 0.6) is 5.75 Å². The highest BCUT2D eigenvalue weighted by Crippen LogP contribution is 2.27. The minimum Gasteiger partial charge on any atom is -0.486 e. The van der Waals surface area contributed by atoms with Gasteiger partial charge in [0.15, 0.2) is 5.51 Å². The minimum absolute atomic E-state index is 0.605. The number of benzene rings is 1. The van der Waals surface area contributed by atoms with Gasteiger partial charge in [-0.15, -0.1) is 22.7 Å². The topological polar surface area (TPSA) is 22.1 Å². The zero-order valence-electron chi connectivity index (χ0n) is 8.34. The summed E-state index contributed by atoms with van der Waals surface area (Å²) in [6.07, 6.45) is 0. The zero-order valence-corrected chi connectivity index (χ0v) is 9.98.